The van der Waals surface area contributed by atoms with Crippen molar-refractivity contribution in [1.29, 1.82) is 0 Å². The van der Waals surface area contributed by atoms with Crippen LogP contribution < -0.4 is 4.74 Å². The molecule has 2 nitrogen and oxygen atoms in total. The highest BCUT2D eigenvalue weighted by atomic mass is 32.2. The Kier molecular flexibility index (Phi) is 4.91. The highest BCUT2D eigenvalue weighted by Crippen LogP contribution is 2.20. The maximum absolute atomic E-state index is 11.3. The number of hydrogen-bond acceptors (Lipinski definition) is 3. The Labute approximate surface area is 97.2 Å². The van der Waals surface area contributed by atoms with E-state index < -0.39 is 10.8 Å². The Balaban J connectivity index is 2.92. The van der Waals surface area contributed by atoms with Gasteiger partial charge in [0.15, 0.2) is 0 Å². The molecule has 82 valence electrons. The van der Waals surface area contributed by atoms with Gasteiger partial charge in [0.25, 0.3) is 0 Å². The van der Waals surface area contributed by atoms with Gasteiger partial charge in [-0.15, -0.1) is 11.8 Å². The van der Waals surface area contributed by atoms with E-state index in [4.69, 9.17) is 4.74 Å². The fourth-order valence-electron chi connectivity index (χ4n) is 1.10. The van der Waals surface area contributed by atoms with Crippen LogP contribution in [0.1, 0.15) is 5.56 Å². The maximum atomic E-state index is 11.3. The lowest BCUT2D eigenvalue weighted by Gasteiger charge is -2.01. The number of rotatable bonds is 4. The first-order valence-electron chi connectivity index (χ1n) is 4.40. The second-order valence-electron chi connectivity index (χ2n) is 2.89. The van der Waals surface area contributed by atoms with Gasteiger partial charge < -0.3 is 4.74 Å². The van der Waals surface area contributed by atoms with Crippen LogP contribution in [0.2, 0.25) is 0 Å². The third-order valence-corrected chi connectivity index (χ3v) is 4.29. The molecule has 0 aliphatic heterocycles. The van der Waals surface area contributed by atoms with Crippen molar-refractivity contribution in [1.82, 2.24) is 0 Å². The van der Waals surface area contributed by atoms with Crippen LogP contribution in [0.15, 0.2) is 28.5 Å². The first-order valence-corrected chi connectivity index (χ1v) is 7.19. The minimum atomic E-state index is -0.918. The van der Waals surface area contributed by atoms with Gasteiger partial charge in [0, 0.05) is 6.26 Å². The standard InChI is InChI=1S/C11H14O2S2/c1-13-10-6-4-9(5-7-10)8-11(14-2)15(3)12/h4-8H,1-3H3/b11-8+. The predicted molar refractivity (Wildman–Crippen MR) is 68.6 cm³/mol. The minimum Gasteiger partial charge on any atom is -0.497 e. The molecule has 4 heteroatoms. The Morgan fingerprint density at radius 2 is 2.00 bits per heavy atom. The SMILES string of the molecule is COc1ccc(/C=C(\SC)S(C)=O)cc1. The maximum Gasteiger partial charge on any atom is 0.118 e. The molecule has 1 aromatic rings. The molecule has 0 spiro atoms. The van der Waals surface area contributed by atoms with Crippen molar-refractivity contribution < 1.29 is 8.95 Å². The molecule has 0 radical (unpaired) electrons. The molecule has 0 bridgehead atoms. The van der Waals surface area contributed by atoms with E-state index in [1.165, 1.54) is 11.8 Å². The van der Waals surface area contributed by atoms with Crippen molar-refractivity contribution in [2.24, 2.45) is 0 Å². The first-order chi connectivity index (χ1) is 7.17. The molecule has 1 rings (SSSR count). The van der Waals surface area contributed by atoms with Crippen LogP contribution in [-0.4, -0.2) is 23.8 Å². The molecular formula is C11H14O2S2. The lowest BCUT2D eigenvalue weighted by atomic mass is 10.2. The van der Waals surface area contributed by atoms with Gasteiger partial charge >= 0.3 is 0 Å². The Bertz CT molecular complexity index is 369. The summed E-state index contributed by atoms with van der Waals surface area (Å²) in [5, 5.41) is 0. The van der Waals surface area contributed by atoms with E-state index >= 15 is 0 Å². The summed E-state index contributed by atoms with van der Waals surface area (Å²) in [7, 11) is 0.720. The summed E-state index contributed by atoms with van der Waals surface area (Å²) in [6, 6.07) is 7.68. The molecule has 1 atom stereocenters. The number of methoxy groups -OCH3 is 1. The highest BCUT2D eigenvalue weighted by molar-refractivity contribution is 8.16. The third-order valence-electron chi connectivity index (χ3n) is 1.88. The van der Waals surface area contributed by atoms with Gasteiger partial charge in [-0.2, -0.15) is 0 Å². The van der Waals surface area contributed by atoms with Gasteiger partial charge in [-0.1, -0.05) is 12.1 Å². The van der Waals surface area contributed by atoms with E-state index in [0.29, 0.717) is 0 Å². The second kappa shape index (κ2) is 5.98. The second-order valence-corrected chi connectivity index (χ2v) is 5.35. The number of thioether (sulfide) groups is 1. The van der Waals surface area contributed by atoms with E-state index in [9.17, 15) is 4.21 Å². The monoisotopic (exact) mass is 242 g/mol. The Hall–Kier alpha value is -0.740. The summed E-state index contributed by atoms with van der Waals surface area (Å²) in [6.07, 6.45) is 5.54. The van der Waals surface area contributed by atoms with Crippen molar-refractivity contribution in [2.45, 2.75) is 0 Å². The Morgan fingerprint density at radius 3 is 2.40 bits per heavy atom. The highest BCUT2D eigenvalue weighted by Gasteiger charge is 2.00. The largest absolute Gasteiger partial charge is 0.497 e. The van der Waals surface area contributed by atoms with Crippen molar-refractivity contribution >= 4 is 28.6 Å². The van der Waals surface area contributed by atoms with Crippen molar-refractivity contribution in [3.05, 3.63) is 34.1 Å². The molecule has 0 aliphatic carbocycles. The summed E-state index contributed by atoms with van der Waals surface area (Å²) in [4.78, 5) is 0. The van der Waals surface area contributed by atoms with E-state index in [1.807, 2.05) is 36.6 Å². The van der Waals surface area contributed by atoms with E-state index in [0.717, 1.165) is 15.6 Å². The van der Waals surface area contributed by atoms with Gasteiger partial charge in [-0.05, 0) is 30.0 Å². The molecule has 0 aromatic heterocycles. The van der Waals surface area contributed by atoms with Gasteiger partial charge in [-0.25, -0.2) is 0 Å². The smallest absolute Gasteiger partial charge is 0.118 e. The molecule has 1 unspecified atom stereocenters. The van der Waals surface area contributed by atoms with E-state index in [-0.39, 0.29) is 0 Å². The summed E-state index contributed by atoms with van der Waals surface area (Å²) in [6.45, 7) is 0. The van der Waals surface area contributed by atoms with Crippen molar-refractivity contribution in [3.63, 3.8) is 0 Å². The number of hydrogen-bond donors (Lipinski definition) is 0. The van der Waals surface area contributed by atoms with Gasteiger partial charge in [0.05, 0.1) is 22.1 Å². The van der Waals surface area contributed by atoms with Gasteiger partial charge in [0.1, 0.15) is 5.75 Å². The van der Waals surface area contributed by atoms with Gasteiger partial charge in [-0.3, -0.25) is 4.21 Å². The minimum absolute atomic E-state index is 0.829. The van der Waals surface area contributed by atoms with Crippen molar-refractivity contribution in [3.8, 4) is 5.75 Å². The zero-order valence-corrected chi connectivity index (χ0v) is 10.7. The molecule has 15 heavy (non-hydrogen) atoms. The summed E-state index contributed by atoms with van der Waals surface area (Å²) >= 11 is 1.51. The molecule has 0 N–H and O–H groups in total. The number of ether oxygens (including phenoxy) is 1. The molecule has 0 fully saturated rings. The predicted octanol–water partition coefficient (Wildman–Crippen LogP) is 2.74. The molecule has 0 amide bonds. The van der Waals surface area contributed by atoms with E-state index in [1.54, 1.807) is 13.4 Å². The quantitative estimate of drug-likeness (QED) is 0.812. The van der Waals surface area contributed by atoms with Crippen molar-refractivity contribution in [2.75, 3.05) is 19.6 Å². The third kappa shape index (κ3) is 3.72. The van der Waals surface area contributed by atoms with Crippen LogP contribution >= 0.6 is 11.8 Å². The zero-order valence-electron chi connectivity index (χ0n) is 9.02. The topological polar surface area (TPSA) is 26.3 Å². The molecule has 1 aromatic carbocycles. The normalized spacial score (nSPS) is 13.7. The fourth-order valence-corrected chi connectivity index (χ4v) is 2.59. The molecular weight excluding hydrogens is 228 g/mol. The summed E-state index contributed by atoms with van der Waals surface area (Å²) in [5.74, 6) is 0.829. The lowest BCUT2D eigenvalue weighted by molar-refractivity contribution is 0.415. The average molecular weight is 242 g/mol. The van der Waals surface area contributed by atoms with Crippen LogP contribution in [0.25, 0.3) is 6.08 Å². The zero-order chi connectivity index (χ0) is 11.3. The summed E-state index contributed by atoms with van der Waals surface area (Å²) in [5.41, 5.74) is 1.04. The van der Waals surface area contributed by atoms with Crippen LogP contribution in [0, 0.1) is 0 Å². The van der Waals surface area contributed by atoms with Gasteiger partial charge in [0.2, 0.25) is 0 Å². The first kappa shape index (κ1) is 12.3. The van der Waals surface area contributed by atoms with Crippen LogP contribution in [-0.2, 0) is 10.8 Å². The molecule has 0 heterocycles. The molecule has 0 aliphatic rings. The lowest BCUT2D eigenvalue weighted by Crippen LogP contribution is -1.87. The van der Waals surface area contributed by atoms with E-state index in [2.05, 4.69) is 0 Å². The molecule has 0 saturated heterocycles. The van der Waals surface area contributed by atoms with Crippen LogP contribution in [0.4, 0.5) is 0 Å². The van der Waals surface area contributed by atoms with Crippen LogP contribution in [0.5, 0.6) is 5.75 Å². The average Bonchev–Trinajstić information content (AvgIpc) is 2.26. The summed E-state index contributed by atoms with van der Waals surface area (Å²) < 4.78 is 17.2. The van der Waals surface area contributed by atoms with Crippen LogP contribution in [0.3, 0.4) is 0 Å². The Morgan fingerprint density at radius 1 is 1.40 bits per heavy atom. The fraction of sp³-hybridized carbons (Fsp3) is 0.273. The number of benzene rings is 1. The molecule has 0 saturated carbocycles.